The van der Waals surface area contributed by atoms with Gasteiger partial charge in [0.2, 0.25) is 6.54 Å². The van der Waals surface area contributed by atoms with E-state index in [-0.39, 0.29) is 30.0 Å². The average molecular weight is 623 g/mol. The van der Waals surface area contributed by atoms with Crippen LogP contribution in [0.2, 0.25) is 0 Å². The molecule has 0 bridgehead atoms. The molecule has 1 saturated carbocycles. The average Bonchev–Trinajstić information content (AvgIpc) is 3.39. The van der Waals surface area contributed by atoms with Gasteiger partial charge in [-0.2, -0.15) is 0 Å². The lowest BCUT2D eigenvalue weighted by molar-refractivity contribution is -0.480. The molecule has 4 N–H and O–H groups in total. The molecule has 0 heterocycles. The third-order valence-corrected chi connectivity index (χ3v) is 6.28. The van der Waals surface area contributed by atoms with Crippen LogP contribution < -0.4 is 10.5 Å². The maximum Gasteiger partial charge on any atom is 0.311 e. The molecule has 10 nitrogen and oxygen atoms in total. The van der Waals surface area contributed by atoms with E-state index in [0.717, 1.165) is 63.4 Å². The number of thiocarbonyl (C=S) groups is 1. The Hall–Kier alpha value is -3.44. The quantitative estimate of drug-likeness (QED) is 0.0283. The lowest BCUT2D eigenvalue weighted by Gasteiger charge is -2.06. The number of hydrogen-bond acceptors (Lipinski definition) is 8. The molecule has 11 heteroatoms. The van der Waals surface area contributed by atoms with Gasteiger partial charge in [-0.25, -0.2) is 0 Å². The number of hydrogen-bond donors (Lipinski definition) is 3. The standard InChI is InChI=1S/C14H17NO2S.C13H22O2.C4H9NO2.CH2O2/c1-2-3-4-5-6-13(16)17-12-9-7-11(8-10-12)14(15)18;1-2-3-6-12(14)7-4-5-11-8-9-13(15)10-11;1-2-3-4-5(6)7;2-1-3/h2-3,7-10H,4-6H2,1H3,(H2,15,18);4-5,11-12,14H,2-3,6-10H2,1H3;2-4H2,1H3;1H,(H,2,3)/b3-2-;5-4+;;. The predicted molar refractivity (Wildman–Crippen MR) is 174 cm³/mol. The maximum absolute atomic E-state index is 11.5. The number of carboxylic acid groups (broad SMARTS) is 1. The van der Waals surface area contributed by atoms with Crippen LogP contribution >= 0.6 is 12.2 Å². The number of aliphatic hydroxyl groups excluding tert-OH is 1. The Balaban J connectivity index is 0. The van der Waals surface area contributed by atoms with Gasteiger partial charge in [0.15, 0.2) is 0 Å². The topological polar surface area (TPSA) is 170 Å². The number of nitrogens with zero attached hydrogens (tertiary/aromatic N) is 1. The lowest BCUT2D eigenvalue weighted by Crippen LogP contribution is -2.10. The van der Waals surface area contributed by atoms with E-state index in [0.29, 0.717) is 41.7 Å². The number of allylic oxidation sites excluding steroid dienone is 3. The van der Waals surface area contributed by atoms with E-state index in [1.165, 1.54) is 0 Å². The van der Waals surface area contributed by atoms with E-state index < -0.39 is 0 Å². The Morgan fingerprint density at radius 3 is 2.28 bits per heavy atom. The lowest BCUT2D eigenvalue weighted by atomic mass is 10.1. The molecular weight excluding hydrogens is 572 g/mol. The summed E-state index contributed by atoms with van der Waals surface area (Å²) in [4.78, 5) is 40.5. The van der Waals surface area contributed by atoms with Crippen molar-refractivity contribution in [3.05, 3.63) is 64.2 Å². The molecule has 242 valence electrons. The SMILES string of the molecule is C/C=C\CCCC(=O)Oc1ccc(C(N)=S)cc1.CCCCC(O)C/C=C/C1CCC(=O)C1.CCCC[N+](=O)[O-].O=CO. The van der Waals surface area contributed by atoms with E-state index in [1.807, 2.05) is 32.1 Å². The summed E-state index contributed by atoms with van der Waals surface area (Å²) in [5.41, 5.74) is 6.24. The Labute approximate surface area is 261 Å². The Morgan fingerprint density at radius 1 is 1.19 bits per heavy atom. The highest BCUT2D eigenvalue weighted by atomic mass is 32.1. The number of nitrogens with two attached hydrogens (primary N) is 1. The molecule has 1 fully saturated rings. The van der Waals surface area contributed by atoms with Crippen LogP contribution in [0.4, 0.5) is 0 Å². The van der Waals surface area contributed by atoms with E-state index in [1.54, 1.807) is 24.3 Å². The van der Waals surface area contributed by atoms with E-state index in [4.69, 9.17) is 32.6 Å². The molecule has 0 saturated heterocycles. The first-order valence-corrected chi connectivity index (χ1v) is 15.2. The van der Waals surface area contributed by atoms with E-state index >= 15 is 0 Å². The fraction of sp³-hybridized carbons (Fsp3) is 0.562. The molecule has 2 unspecified atom stereocenters. The van der Waals surface area contributed by atoms with Crippen molar-refractivity contribution in [2.75, 3.05) is 6.54 Å². The zero-order chi connectivity index (χ0) is 32.9. The van der Waals surface area contributed by atoms with Gasteiger partial charge in [-0.05, 0) is 75.6 Å². The van der Waals surface area contributed by atoms with Crippen molar-refractivity contribution in [1.29, 1.82) is 0 Å². The van der Waals surface area contributed by atoms with Gasteiger partial charge in [0.25, 0.3) is 6.47 Å². The summed E-state index contributed by atoms with van der Waals surface area (Å²) in [5.74, 6) is 1.13. The minimum Gasteiger partial charge on any atom is -0.483 e. The van der Waals surface area contributed by atoms with Gasteiger partial charge in [0.1, 0.15) is 16.5 Å². The van der Waals surface area contributed by atoms with Crippen molar-refractivity contribution in [2.24, 2.45) is 11.7 Å². The van der Waals surface area contributed by atoms with Gasteiger partial charge >= 0.3 is 5.97 Å². The Kier molecular flexibility index (Phi) is 27.8. The molecule has 0 radical (unpaired) electrons. The molecule has 1 aromatic carbocycles. The molecule has 0 amide bonds. The number of rotatable bonds is 15. The second kappa shape index (κ2) is 28.7. The van der Waals surface area contributed by atoms with Crippen molar-refractivity contribution in [3.8, 4) is 5.75 Å². The van der Waals surface area contributed by atoms with Crippen LogP contribution in [-0.4, -0.2) is 51.0 Å². The first kappa shape index (κ1) is 41.7. The van der Waals surface area contributed by atoms with Gasteiger partial charge in [-0.15, -0.1) is 0 Å². The predicted octanol–water partition coefficient (Wildman–Crippen LogP) is 6.59. The molecule has 2 rings (SSSR count). The van der Waals surface area contributed by atoms with Gasteiger partial charge < -0.3 is 20.7 Å². The summed E-state index contributed by atoms with van der Waals surface area (Å²) < 4.78 is 5.18. The second-order valence-electron chi connectivity index (χ2n) is 9.84. The summed E-state index contributed by atoms with van der Waals surface area (Å²) in [6.45, 7) is 5.90. The summed E-state index contributed by atoms with van der Waals surface area (Å²) >= 11 is 4.84. The van der Waals surface area contributed by atoms with E-state index in [2.05, 4.69) is 13.0 Å². The van der Waals surface area contributed by atoms with E-state index in [9.17, 15) is 24.8 Å². The summed E-state index contributed by atoms with van der Waals surface area (Å²) in [6.07, 6.45) is 18.0. The van der Waals surface area contributed by atoms with Gasteiger partial charge in [0.05, 0.1) is 6.10 Å². The zero-order valence-corrected chi connectivity index (χ0v) is 26.6. The Bertz CT molecular complexity index is 980. The number of ketones is 1. The number of carbonyl (C=O) groups is 3. The fourth-order valence-corrected chi connectivity index (χ4v) is 3.82. The van der Waals surface area contributed by atoms with Crippen molar-refractivity contribution >= 4 is 35.4 Å². The fourth-order valence-electron chi connectivity index (χ4n) is 3.68. The number of unbranched alkanes of at least 4 members (excludes halogenated alkanes) is 3. The normalized spacial score (nSPS) is 14.4. The molecule has 0 aromatic heterocycles. The molecule has 1 aromatic rings. The van der Waals surface area contributed by atoms with Crippen molar-refractivity contribution in [3.63, 3.8) is 0 Å². The number of aliphatic hydroxyl groups is 1. The van der Waals surface area contributed by atoms with Crippen LogP contribution in [0.15, 0.2) is 48.6 Å². The second-order valence-corrected chi connectivity index (χ2v) is 10.3. The molecule has 2 atom stereocenters. The summed E-state index contributed by atoms with van der Waals surface area (Å²) in [6, 6.07) is 6.87. The summed E-state index contributed by atoms with van der Waals surface area (Å²) in [7, 11) is 0. The third kappa shape index (κ3) is 27.2. The van der Waals surface area contributed by atoms with Gasteiger partial charge in [-0.3, -0.25) is 24.5 Å². The highest BCUT2D eigenvalue weighted by Crippen LogP contribution is 2.23. The number of benzene rings is 1. The first-order chi connectivity index (χ1) is 20.5. The minimum absolute atomic E-state index is 0.122. The molecule has 1 aliphatic carbocycles. The molecule has 0 aliphatic heterocycles. The number of Topliss-reactive ketones (excluding diaryl/α,β-unsaturated/α-hetero) is 1. The molecule has 1 aliphatic rings. The van der Waals surface area contributed by atoms with Crippen LogP contribution in [0.3, 0.4) is 0 Å². The van der Waals surface area contributed by atoms with Crippen LogP contribution in [0, 0.1) is 16.0 Å². The number of nitro groups is 1. The van der Waals surface area contributed by atoms with Crippen LogP contribution in [-0.2, 0) is 14.4 Å². The van der Waals surface area contributed by atoms with Gasteiger partial charge in [0, 0.05) is 36.2 Å². The van der Waals surface area contributed by atoms with Crippen LogP contribution in [0.25, 0.3) is 0 Å². The van der Waals surface area contributed by atoms with Gasteiger partial charge in [-0.1, -0.05) is 63.2 Å². The first-order valence-electron chi connectivity index (χ1n) is 14.8. The summed E-state index contributed by atoms with van der Waals surface area (Å²) in [5, 5.41) is 26.0. The van der Waals surface area contributed by atoms with Crippen molar-refractivity contribution in [2.45, 2.75) is 104 Å². The zero-order valence-electron chi connectivity index (χ0n) is 25.8. The number of ether oxygens (including phenoxy) is 1. The highest BCUT2D eigenvalue weighted by molar-refractivity contribution is 7.80. The molecular formula is C32H50N2O8S. The van der Waals surface area contributed by atoms with Crippen LogP contribution in [0.1, 0.15) is 103 Å². The maximum atomic E-state index is 11.5. The smallest absolute Gasteiger partial charge is 0.311 e. The van der Waals surface area contributed by atoms with Crippen molar-refractivity contribution in [1.82, 2.24) is 0 Å². The molecule has 43 heavy (non-hydrogen) atoms. The largest absolute Gasteiger partial charge is 0.483 e. The third-order valence-electron chi connectivity index (χ3n) is 6.04. The minimum atomic E-state index is -0.288. The highest BCUT2D eigenvalue weighted by Gasteiger charge is 2.19. The molecule has 0 spiro atoms. The number of esters is 1. The number of carbonyl (C=O) groups excluding carboxylic acids is 2. The monoisotopic (exact) mass is 622 g/mol. The van der Waals surface area contributed by atoms with Crippen LogP contribution in [0.5, 0.6) is 5.75 Å². The van der Waals surface area contributed by atoms with Crippen molar-refractivity contribution < 1.29 is 34.3 Å². The Morgan fingerprint density at radius 2 is 1.81 bits per heavy atom.